The molecule has 4 nitrogen and oxygen atoms in total. The molecule has 0 N–H and O–H groups in total. The van der Waals surface area contributed by atoms with Crippen LogP contribution in [0.4, 0.5) is 10.5 Å². The van der Waals surface area contributed by atoms with Crippen LogP contribution in [0.3, 0.4) is 0 Å². The highest BCUT2D eigenvalue weighted by atomic mass is 79.9. The standard InChI is InChI=1S/C20H17BrClNO3S/c1-12(2)11-26-17-7-6-13(8-16(17)21)9-18-19(24)23(20(25)27-18)15-5-3-4-14(22)10-15/h3-10,12H,11H2,1-2H3/b18-9-. The molecule has 27 heavy (non-hydrogen) atoms. The van der Waals surface area contributed by atoms with Crippen LogP contribution in [0.1, 0.15) is 19.4 Å². The number of anilines is 1. The second kappa shape index (κ2) is 8.50. The predicted molar refractivity (Wildman–Crippen MR) is 114 cm³/mol. The summed E-state index contributed by atoms with van der Waals surface area (Å²) in [5.41, 5.74) is 1.27. The number of thioether (sulfide) groups is 1. The van der Waals surface area contributed by atoms with Gasteiger partial charge in [0.2, 0.25) is 0 Å². The van der Waals surface area contributed by atoms with Gasteiger partial charge in [-0.25, -0.2) is 4.90 Å². The molecule has 0 spiro atoms. The Kier molecular flexibility index (Phi) is 6.29. The predicted octanol–water partition coefficient (Wildman–Crippen LogP) is 6.38. The van der Waals surface area contributed by atoms with Crippen molar-refractivity contribution in [2.24, 2.45) is 5.92 Å². The van der Waals surface area contributed by atoms with E-state index < -0.39 is 0 Å². The lowest BCUT2D eigenvalue weighted by Crippen LogP contribution is -2.27. The van der Waals surface area contributed by atoms with Crippen molar-refractivity contribution in [2.45, 2.75) is 13.8 Å². The topological polar surface area (TPSA) is 46.6 Å². The monoisotopic (exact) mass is 465 g/mol. The van der Waals surface area contributed by atoms with E-state index in [2.05, 4.69) is 29.8 Å². The second-order valence-electron chi connectivity index (χ2n) is 6.39. The molecule has 1 aliphatic rings. The Labute approximate surface area is 175 Å². The number of imide groups is 1. The van der Waals surface area contributed by atoms with E-state index in [1.165, 1.54) is 0 Å². The molecule has 7 heteroatoms. The van der Waals surface area contributed by atoms with Gasteiger partial charge in [0.05, 0.1) is 21.7 Å². The van der Waals surface area contributed by atoms with E-state index in [1.54, 1.807) is 30.3 Å². The molecule has 0 bridgehead atoms. The largest absolute Gasteiger partial charge is 0.492 e. The minimum atomic E-state index is -0.358. The molecule has 1 aliphatic heterocycles. The fourth-order valence-electron chi connectivity index (χ4n) is 2.44. The summed E-state index contributed by atoms with van der Waals surface area (Å²) in [7, 11) is 0. The maximum atomic E-state index is 12.7. The number of amides is 2. The SMILES string of the molecule is CC(C)COc1ccc(/C=C2\SC(=O)N(c3cccc(Cl)c3)C2=O)cc1Br. The Morgan fingerprint density at radius 3 is 2.67 bits per heavy atom. The van der Waals surface area contributed by atoms with Crippen molar-refractivity contribution < 1.29 is 14.3 Å². The van der Waals surface area contributed by atoms with E-state index in [-0.39, 0.29) is 11.1 Å². The zero-order valence-corrected chi connectivity index (χ0v) is 17.9. The lowest BCUT2D eigenvalue weighted by atomic mass is 10.2. The van der Waals surface area contributed by atoms with Gasteiger partial charge in [0, 0.05) is 5.02 Å². The Hall–Kier alpha value is -1.76. The van der Waals surface area contributed by atoms with Crippen LogP contribution in [0.2, 0.25) is 5.02 Å². The smallest absolute Gasteiger partial charge is 0.298 e. The molecular weight excluding hydrogens is 450 g/mol. The minimum absolute atomic E-state index is 0.343. The quantitative estimate of drug-likeness (QED) is 0.480. The second-order valence-corrected chi connectivity index (χ2v) is 8.68. The number of nitrogens with zero attached hydrogens (tertiary/aromatic N) is 1. The van der Waals surface area contributed by atoms with Crippen molar-refractivity contribution in [2.75, 3.05) is 11.5 Å². The van der Waals surface area contributed by atoms with Crippen LogP contribution >= 0.6 is 39.3 Å². The molecule has 140 valence electrons. The molecule has 2 amide bonds. The summed E-state index contributed by atoms with van der Waals surface area (Å²) in [4.78, 5) is 26.5. The molecule has 0 aliphatic carbocycles. The number of benzene rings is 2. The van der Waals surface area contributed by atoms with Crippen molar-refractivity contribution >= 4 is 62.2 Å². The van der Waals surface area contributed by atoms with Crippen molar-refractivity contribution in [1.82, 2.24) is 0 Å². The maximum Gasteiger partial charge on any atom is 0.298 e. The van der Waals surface area contributed by atoms with Gasteiger partial charge in [-0.2, -0.15) is 0 Å². The summed E-state index contributed by atoms with van der Waals surface area (Å²) in [6.45, 7) is 4.78. The molecule has 1 fully saturated rings. The third-order valence-corrected chi connectivity index (χ3v) is 5.41. The van der Waals surface area contributed by atoms with E-state index in [0.29, 0.717) is 28.1 Å². The number of rotatable bonds is 5. The molecule has 0 aromatic heterocycles. The lowest BCUT2D eigenvalue weighted by Gasteiger charge is -2.12. The molecule has 1 saturated heterocycles. The first kappa shape index (κ1) is 20.0. The van der Waals surface area contributed by atoms with E-state index in [0.717, 1.165) is 32.4 Å². The van der Waals surface area contributed by atoms with Crippen LogP contribution in [-0.2, 0) is 4.79 Å². The first-order chi connectivity index (χ1) is 12.8. The number of carbonyl (C=O) groups is 2. The average molecular weight is 467 g/mol. The Morgan fingerprint density at radius 2 is 2.00 bits per heavy atom. The van der Waals surface area contributed by atoms with Crippen LogP contribution in [0.5, 0.6) is 5.75 Å². The van der Waals surface area contributed by atoms with Gasteiger partial charge in [-0.3, -0.25) is 9.59 Å². The Bertz CT molecular complexity index is 929. The van der Waals surface area contributed by atoms with Crippen molar-refractivity contribution in [3.05, 3.63) is 62.4 Å². The molecule has 0 unspecified atom stereocenters. The van der Waals surface area contributed by atoms with Crippen molar-refractivity contribution in [3.8, 4) is 5.75 Å². The summed E-state index contributed by atoms with van der Waals surface area (Å²) in [6, 6.07) is 12.2. The van der Waals surface area contributed by atoms with E-state index in [1.807, 2.05) is 18.2 Å². The number of hydrogen-bond donors (Lipinski definition) is 0. The van der Waals surface area contributed by atoms with Gasteiger partial charge in [0.15, 0.2) is 0 Å². The van der Waals surface area contributed by atoms with Crippen molar-refractivity contribution in [3.63, 3.8) is 0 Å². The summed E-state index contributed by atoms with van der Waals surface area (Å²) in [5.74, 6) is 0.811. The molecule has 0 radical (unpaired) electrons. The van der Waals surface area contributed by atoms with Crippen molar-refractivity contribution in [1.29, 1.82) is 0 Å². The number of ether oxygens (including phenoxy) is 1. The lowest BCUT2D eigenvalue weighted by molar-refractivity contribution is -0.113. The van der Waals surface area contributed by atoms with Crippen LogP contribution in [0, 0.1) is 5.92 Å². The minimum Gasteiger partial charge on any atom is -0.492 e. The molecular formula is C20H17BrClNO3S. The fourth-order valence-corrected chi connectivity index (χ4v) is 3.97. The van der Waals surface area contributed by atoms with E-state index in [9.17, 15) is 9.59 Å². The summed E-state index contributed by atoms with van der Waals surface area (Å²) in [5, 5.41) is 0.126. The highest BCUT2D eigenvalue weighted by Crippen LogP contribution is 2.37. The highest BCUT2D eigenvalue weighted by Gasteiger charge is 2.36. The summed E-state index contributed by atoms with van der Waals surface area (Å²) >= 11 is 10.4. The van der Waals surface area contributed by atoms with E-state index >= 15 is 0 Å². The van der Waals surface area contributed by atoms with Gasteiger partial charge >= 0.3 is 0 Å². The molecule has 0 saturated carbocycles. The van der Waals surface area contributed by atoms with Crippen LogP contribution in [-0.4, -0.2) is 17.8 Å². The number of carbonyl (C=O) groups excluding carboxylic acids is 2. The fraction of sp³-hybridized carbons (Fsp3) is 0.200. The van der Waals surface area contributed by atoms with Gasteiger partial charge in [0.1, 0.15) is 5.75 Å². The van der Waals surface area contributed by atoms with Gasteiger partial charge < -0.3 is 4.74 Å². The first-order valence-electron chi connectivity index (χ1n) is 8.31. The van der Waals surface area contributed by atoms with Gasteiger partial charge in [-0.15, -0.1) is 0 Å². The normalized spacial score (nSPS) is 15.9. The summed E-state index contributed by atoms with van der Waals surface area (Å²) in [6.07, 6.45) is 1.70. The molecule has 3 rings (SSSR count). The van der Waals surface area contributed by atoms with Gasteiger partial charge in [0.25, 0.3) is 11.1 Å². The summed E-state index contributed by atoms with van der Waals surface area (Å²) < 4.78 is 6.53. The zero-order valence-electron chi connectivity index (χ0n) is 14.7. The number of halogens is 2. The number of hydrogen-bond acceptors (Lipinski definition) is 4. The average Bonchev–Trinajstić information content (AvgIpc) is 2.87. The van der Waals surface area contributed by atoms with Crippen LogP contribution in [0.15, 0.2) is 51.8 Å². The third kappa shape index (κ3) is 4.75. The van der Waals surface area contributed by atoms with Gasteiger partial charge in [-0.1, -0.05) is 37.6 Å². The van der Waals surface area contributed by atoms with E-state index in [4.69, 9.17) is 16.3 Å². The Balaban J connectivity index is 1.82. The highest BCUT2D eigenvalue weighted by molar-refractivity contribution is 9.10. The van der Waals surface area contributed by atoms with Gasteiger partial charge in [-0.05, 0) is 75.6 Å². The maximum absolute atomic E-state index is 12.7. The molecule has 0 atom stereocenters. The third-order valence-electron chi connectivity index (χ3n) is 3.69. The molecule has 2 aromatic rings. The first-order valence-corrected chi connectivity index (χ1v) is 10.3. The Morgan fingerprint density at radius 1 is 1.22 bits per heavy atom. The molecule has 1 heterocycles. The van der Waals surface area contributed by atoms with Crippen LogP contribution < -0.4 is 9.64 Å². The van der Waals surface area contributed by atoms with Crippen LogP contribution in [0.25, 0.3) is 6.08 Å². The molecule has 2 aromatic carbocycles. The zero-order chi connectivity index (χ0) is 19.6.